The molecule has 3 rings (SSSR count). The quantitative estimate of drug-likeness (QED) is 0.579. The number of ketones is 1. The minimum absolute atomic E-state index is 0.0959. The number of hydrogen-bond donors (Lipinski definition) is 0. The molecule has 32 heavy (non-hydrogen) atoms. The molecule has 176 valence electrons. The molecular formula is C25H35NO6. The van der Waals surface area contributed by atoms with E-state index >= 15 is 0 Å². The van der Waals surface area contributed by atoms with Gasteiger partial charge in [-0.15, -0.1) is 0 Å². The highest BCUT2D eigenvalue weighted by Crippen LogP contribution is 2.54. The van der Waals surface area contributed by atoms with E-state index < -0.39 is 11.0 Å². The van der Waals surface area contributed by atoms with Crippen LogP contribution in [0.3, 0.4) is 0 Å². The summed E-state index contributed by atoms with van der Waals surface area (Å²) in [6, 6.07) is 4.01. The van der Waals surface area contributed by atoms with Gasteiger partial charge in [-0.1, -0.05) is 11.6 Å². The van der Waals surface area contributed by atoms with Crippen LogP contribution in [-0.2, 0) is 26.1 Å². The normalized spacial score (nSPS) is 20.1. The van der Waals surface area contributed by atoms with Crippen molar-refractivity contribution in [2.24, 2.45) is 0 Å². The maximum absolute atomic E-state index is 12.6. The van der Waals surface area contributed by atoms with E-state index in [1.807, 2.05) is 26.8 Å². The van der Waals surface area contributed by atoms with Crippen LogP contribution in [0.1, 0.15) is 57.6 Å². The van der Waals surface area contributed by atoms with Gasteiger partial charge in [0, 0.05) is 38.1 Å². The zero-order valence-corrected chi connectivity index (χ0v) is 20.1. The highest BCUT2D eigenvalue weighted by Gasteiger charge is 2.45. The first-order chi connectivity index (χ1) is 15.1. The fraction of sp³-hybridized carbons (Fsp3) is 0.600. The number of amides is 1. The van der Waals surface area contributed by atoms with Crippen LogP contribution in [0.4, 0.5) is 4.79 Å². The number of hydrogen-bond acceptors (Lipinski definition) is 6. The topological polar surface area (TPSA) is 74.3 Å². The van der Waals surface area contributed by atoms with Crippen LogP contribution >= 0.6 is 0 Å². The second-order valence-corrected chi connectivity index (χ2v) is 9.55. The monoisotopic (exact) mass is 445 g/mol. The lowest BCUT2D eigenvalue weighted by atomic mass is 9.60. The van der Waals surface area contributed by atoms with Crippen molar-refractivity contribution in [3.05, 3.63) is 34.9 Å². The number of benzene rings is 1. The molecule has 0 aliphatic heterocycles. The van der Waals surface area contributed by atoms with Gasteiger partial charge in [-0.2, -0.15) is 0 Å². The molecule has 7 nitrogen and oxygen atoms in total. The van der Waals surface area contributed by atoms with Crippen molar-refractivity contribution in [1.82, 2.24) is 4.90 Å². The predicted molar refractivity (Wildman–Crippen MR) is 121 cm³/mol. The van der Waals surface area contributed by atoms with Crippen molar-refractivity contribution < 1.29 is 28.5 Å². The second kappa shape index (κ2) is 9.53. The zero-order valence-electron chi connectivity index (χ0n) is 20.1. The van der Waals surface area contributed by atoms with Gasteiger partial charge in [0.05, 0.1) is 7.11 Å². The van der Waals surface area contributed by atoms with Crippen LogP contribution in [0, 0.1) is 0 Å². The van der Waals surface area contributed by atoms with Crippen LogP contribution < -0.4 is 9.47 Å². The van der Waals surface area contributed by atoms with Crippen LogP contribution in [0.2, 0.25) is 0 Å². The van der Waals surface area contributed by atoms with Crippen molar-refractivity contribution >= 4 is 11.9 Å². The molecule has 0 aromatic heterocycles. The first kappa shape index (κ1) is 24.1. The van der Waals surface area contributed by atoms with Gasteiger partial charge in [0.15, 0.2) is 24.1 Å². The number of carbonyl (C=O) groups excluding carboxylic acids is 2. The molecule has 1 atom stereocenters. The number of carbonyl (C=O) groups is 2. The zero-order chi connectivity index (χ0) is 23.5. The smallest absolute Gasteiger partial charge is 0.410 e. The largest absolute Gasteiger partial charge is 0.493 e. The van der Waals surface area contributed by atoms with E-state index in [9.17, 15) is 9.59 Å². The van der Waals surface area contributed by atoms with Crippen LogP contribution in [0.5, 0.6) is 11.5 Å². The number of methoxy groups -OCH3 is 2. The molecule has 1 aromatic rings. The molecule has 0 radical (unpaired) electrons. The summed E-state index contributed by atoms with van der Waals surface area (Å²) in [4.78, 5) is 26.5. The summed E-state index contributed by atoms with van der Waals surface area (Å²) in [6.07, 6.45) is 4.87. The first-order valence-electron chi connectivity index (χ1n) is 11.1. The van der Waals surface area contributed by atoms with Gasteiger partial charge >= 0.3 is 6.09 Å². The van der Waals surface area contributed by atoms with Gasteiger partial charge in [0.25, 0.3) is 0 Å². The summed E-state index contributed by atoms with van der Waals surface area (Å²) < 4.78 is 22.4. The molecule has 0 spiro atoms. The van der Waals surface area contributed by atoms with Gasteiger partial charge in [0.2, 0.25) is 0 Å². The average Bonchev–Trinajstić information content (AvgIpc) is 2.74. The van der Waals surface area contributed by atoms with Gasteiger partial charge in [-0.25, -0.2) is 4.79 Å². The Morgan fingerprint density at radius 1 is 1.16 bits per heavy atom. The number of aryl methyl sites for hydroxylation is 1. The Labute approximate surface area is 190 Å². The molecule has 0 heterocycles. The van der Waals surface area contributed by atoms with Crippen molar-refractivity contribution in [1.29, 1.82) is 0 Å². The summed E-state index contributed by atoms with van der Waals surface area (Å²) in [5.74, 6) is 1.45. The van der Waals surface area contributed by atoms with Crippen molar-refractivity contribution in [3.8, 4) is 11.5 Å². The number of ether oxygens (including phenoxy) is 4. The van der Waals surface area contributed by atoms with Gasteiger partial charge in [0.1, 0.15) is 5.60 Å². The third-order valence-corrected chi connectivity index (χ3v) is 6.22. The third kappa shape index (κ3) is 4.93. The standard InChI is InChI=1S/C25H35NO6/c1-24(2,3)32-23(28)26(4)14-13-25-12-11-19(27)15-18(25)9-7-17-8-10-20(30-6)22(21(17)25)31-16-29-5/h8,10,15H,7,9,11-14,16H2,1-6H3/t25-/m0/s1. The Hall–Kier alpha value is -2.54. The summed E-state index contributed by atoms with van der Waals surface area (Å²) in [5, 5.41) is 0. The van der Waals surface area contributed by atoms with Gasteiger partial charge in [-0.05, 0) is 64.2 Å². The maximum atomic E-state index is 12.6. The van der Waals surface area contributed by atoms with E-state index in [2.05, 4.69) is 6.07 Å². The number of fused-ring (bicyclic) bond motifs is 3. The van der Waals surface area contributed by atoms with E-state index in [0.717, 1.165) is 24.0 Å². The highest BCUT2D eigenvalue weighted by atomic mass is 16.7. The van der Waals surface area contributed by atoms with Crippen molar-refractivity contribution in [2.45, 2.75) is 63.9 Å². The number of nitrogens with zero attached hydrogens (tertiary/aromatic N) is 1. The highest BCUT2D eigenvalue weighted by molar-refractivity contribution is 5.92. The molecule has 0 N–H and O–H groups in total. The Morgan fingerprint density at radius 2 is 1.91 bits per heavy atom. The van der Waals surface area contributed by atoms with E-state index in [1.54, 1.807) is 32.2 Å². The summed E-state index contributed by atoms with van der Waals surface area (Å²) in [6.45, 7) is 6.15. The van der Waals surface area contributed by atoms with E-state index in [4.69, 9.17) is 18.9 Å². The minimum atomic E-state index is -0.558. The lowest BCUT2D eigenvalue weighted by Gasteiger charge is -2.45. The van der Waals surface area contributed by atoms with Crippen LogP contribution in [0.15, 0.2) is 23.8 Å². The predicted octanol–water partition coefficient (Wildman–Crippen LogP) is 4.41. The Morgan fingerprint density at radius 3 is 2.56 bits per heavy atom. The lowest BCUT2D eigenvalue weighted by molar-refractivity contribution is -0.115. The first-order valence-corrected chi connectivity index (χ1v) is 11.1. The van der Waals surface area contributed by atoms with E-state index in [-0.39, 0.29) is 18.7 Å². The average molecular weight is 446 g/mol. The van der Waals surface area contributed by atoms with E-state index in [1.165, 1.54) is 5.56 Å². The molecule has 0 unspecified atom stereocenters. The molecule has 1 amide bonds. The minimum Gasteiger partial charge on any atom is -0.493 e. The fourth-order valence-electron chi connectivity index (χ4n) is 4.73. The SMILES string of the molecule is COCOc1c(OC)ccc2c1[C@]1(CCN(C)C(=O)OC(C)(C)C)CCC(=O)C=C1CC2. The van der Waals surface area contributed by atoms with Gasteiger partial charge in [-0.3, -0.25) is 4.79 Å². The molecule has 2 aliphatic rings. The molecule has 2 aliphatic carbocycles. The van der Waals surface area contributed by atoms with Crippen molar-refractivity contribution in [3.63, 3.8) is 0 Å². The molecule has 0 bridgehead atoms. The van der Waals surface area contributed by atoms with Crippen LogP contribution in [-0.4, -0.2) is 57.0 Å². The van der Waals surface area contributed by atoms with Crippen molar-refractivity contribution in [2.75, 3.05) is 34.6 Å². The van der Waals surface area contributed by atoms with Gasteiger partial charge < -0.3 is 23.8 Å². The summed E-state index contributed by atoms with van der Waals surface area (Å²) in [5.41, 5.74) is 2.38. The van der Waals surface area contributed by atoms with Crippen LogP contribution in [0.25, 0.3) is 0 Å². The molecule has 7 heteroatoms. The fourth-order valence-corrected chi connectivity index (χ4v) is 4.73. The number of rotatable bonds is 7. The Kier molecular flexibility index (Phi) is 7.18. The summed E-state index contributed by atoms with van der Waals surface area (Å²) in [7, 11) is 4.95. The molecule has 0 saturated carbocycles. The molecule has 0 fully saturated rings. The molecule has 0 saturated heterocycles. The summed E-state index contributed by atoms with van der Waals surface area (Å²) >= 11 is 0. The van der Waals surface area contributed by atoms with E-state index in [0.29, 0.717) is 37.3 Å². The number of allylic oxidation sites excluding steroid dienone is 2. The maximum Gasteiger partial charge on any atom is 0.410 e. The third-order valence-electron chi connectivity index (χ3n) is 6.22. The molecular weight excluding hydrogens is 410 g/mol. The second-order valence-electron chi connectivity index (χ2n) is 9.55. The Bertz CT molecular complexity index is 900. The Balaban J connectivity index is 2.02. The lowest BCUT2D eigenvalue weighted by Crippen LogP contribution is -2.42. The molecule has 1 aromatic carbocycles.